The largest absolute Gasteiger partial charge is 0.377 e. The fourth-order valence-corrected chi connectivity index (χ4v) is 2.53. The van der Waals surface area contributed by atoms with Gasteiger partial charge in [-0.3, -0.25) is 0 Å². The second kappa shape index (κ2) is 7.86. The summed E-state index contributed by atoms with van der Waals surface area (Å²) in [5.74, 6) is 0. The first-order chi connectivity index (χ1) is 7.83. The summed E-state index contributed by atoms with van der Waals surface area (Å²) < 4.78 is 5.86. The molecule has 94 valence electrons. The first-order valence-electron chi connectivity index (χ1n) is 6.87. The fourth-order valence-electron chi connectivity index (χ4n) is 2.53. The van der Waals surface area contributed by atoms with Gasteiger partial charge in [-0.1, -0.05) is 25.5 Å². The highest BCUT2D eigenvalue weighted by Crippen LogP contribution is 2.24. The summed E-state index contributed by atoms with van der Waals surface area (Å²) in [5.41, 5.74) is 1.58. The molecule has 0 saturated heterocycles. The average Bonchev–Trinajstić information content (AvgIpc) is 2.35. The van der Waals surface area contributed by atoms with Crippen LogP contribution in [0.1, 0.15) is 52.9 Å². The van der Waals surface area contributed by atoms with Gasteiger partial charge in [0.2, 0.25) is 0 Å². The van der Waals surface area contributed by atoms with Gasteiger partial charge in [0.05, 0.1) is 12.1 Å². The van der Waals surface area contributed by atoms with Crippen LogP contribution in [0.15, 0.2) is 11.6 Å². The van der Waals surface area contributed by atoms with Crippen LogP contribution in [0.2, 0.25) is 0 Å². The Morgan fingerprint density at radius 2 is 2.12 bits per heavy atom. The van der Waals surface area contributed by atoms with E-state index in [9.17, 15) is 0 Å². The Hall–Kier alpha value is -0.340. The molecule has 0 aromatic rings. The lowest BCUT2D eigenvalue weighted by Crippen LogP contribution is -2.43. The van der Waals surface area contributed by atoms with Crippen LogP contribution in [-0.2, 0) is 4.74 Å². The minimum absolute atomic E-state index is 0.342. The van der Waals surface area contributed by atoms with Crippen LogP contribution in [-0.4, -0.2) is 25.3 Å². The number of rotatable bonds is 7. The standard InChI is InChI=1S/C14H27NO/c1-4-13(16-6-3)14(15-5-2)12-10-8-7-9-11-12/h10,13-15H,4-9,11H2,1-3H3. The zero-order chi connectivity index (χ0) is 11.8. The molecule has 0 amide bonds. The molecule has 1 aliphatic carbocycles. The monoisotopic (exact) mass is 225 g/mol. The van der Waals surface area contributed by atoms with Gasteiger partial charge in [-0.25, -0.2) is 0 Å². The Morgan fingerprint density at radius 1 is 1.31 bits per heavy atom. The number of hydrogen-bond acceptors (Lipinski definition) is 2. The van der Waals surface area contributed by atoms with Crippen molar-refractivity contribution in [2.24, 2.45) is 0 Å². The lowest BCUT2D eigenvalue weighted by molar-refractivity contribution is 0.0400. The van der Waals surface area contributed by atoms with E-state index >= 15 is 0 Å². The predicted octanol–water partition coefficient (Wildman–Crippen LogP) is 3.28. The minimum atomic E-state index is 0.342. The van der Waals surface area contributed by atoms with Gasteiger partial charge in [-0.05, 0) is 45.6 Å². The molecule has 2 heteroatoms. The minimum Gasteiger partial charge on any atom is -0.377 e. The normalized spacial score (nSPS) is 20.3. The van der Waals surface area contributed by atoms with E-state index in [4.69, 9.17) is 4.74 Å². The Labute approximate surface area is 100 Å². The second-order valence-electron chi connectivity index (χ2n) is 4.46. The van der Waals surface area contributed by atoms with Gasteiger partial charge in [0.15, 0.2) is 0 Å². The van der Waals surface area contributed by atoms with Gasteiger partial charge in [-0.15, -0.1) is 0 Å². The lowest BCUT2D eigenvalue weighted by atomic mass is 9.90. The topological polar surface area (TPSA) is 21.3 Å². The predicted molar refractivity (Wildman–Crippen MR) is 69.7 cm³/mol. The maximum atomic E-state index is 5.86. The Kier molecular flexibility index (Phi) is 6.74. The van der Waals surface area contributed by atoms with Crippen molar-refractivity contribution in [1.29, 1.82) is 0 Å². The van der Waals surface area contributed by atoms with E-state index in [2.05, 4.69) is 32.2 Å². The molecule has 0 fully saturated rings. The van der Waals surface area contributed by atoms with Crippen LogP contribution < -0.4 is 5.32 Å². The van der Waals surface area contributed by atoms with Crippen LogP contribution in [0.5, 0.6) is 0 Å². The fraction of sp³-hybridized carbons (Fsp3) is 0.857. The molecule has 0 heterocycles. The number of hydrogen-bond donors (Lipinski definition) is 1. The van der Waals surface area contributed by atoms with Gasteiger partial charge < -0.3 is 10.1 Å². The van der Waals surface area contributed by atoms with E-state index in [-0.39, 0.29) is 0 Å². The molecule has 0 aliphatic heterocycles. The SMILES string of the molecule is CCNC(C1=CCCCC1)C(CC)OCC. The highest BCUT2D eigenvalue weighted by atomic mass is 16.5. The van der Waals surface area contributed by atoms with Crippen molar-refractivity contribution < 1.29 is 4.74 Å². The van der Waals surface area contributed by atoms with E-state index in [1.54, 1.807) is 5.57 Å². The maximum absolute atomic E-state index is 5.86. The van der Waals surface area contributed by atoms with Crippen LogP contribution in [0, 0.1) is 0 Å². The number of allylic oxidation sites excluding steroid dienone is 1. The zero-order valence-electron chi connectivity index (χ0n) is 11.1. The van der Waals surface area contributed by atoms with E-state index in [1.807, 2.05) is 0 Å². The molecule has 0 spiro atoms. The summed E-state index contributed by atoms with van der Waals surface area (Å²) in [6.07, 6.45) is 9.06. The Balaban J connectivity index is 2.66. The van der Waals surface area contributed by atoms with Crippen LogP contribution in [0.25, 0.3) is 0 Å². The first-order valence-corrected chi connectivity index (χ1v) is 6.87. The molecule has 1 rings (SSSR count). The van der Waals surface area contributed by atoms with Crippen molar-refractivity contribution in [1.82, 2.24) is 5.32 Å². The summed E-state index contributed by atoms with van der Waals surface area (Å²) in [7, 11) is 0. The van der Waals surface area contributed by atoms with Crippen molar-refractivity contribution in [3.05, 3.63) is 11.6 Å². The number of ether oxygens (including phenoxy) is 1. The second-order valence-corrected chi connectivity index (χ2v) is 4.46. The lowest BCUT2D eigenvalue weighted by Gasteiger charge is -2.30. The molecule has 0 radical (unpaired) electrons. The van der Waals surface area contributed by atoms with Crippen molar-refractivity contribution in [3.8, 4) is 0 Å². The Morgan fingerprint density at radius 3 is 2.62 bits per heavy atom. The van der Waals surface area contributed by atoms with Crippen LogP contribution >= 0.6 is 0 Å². The third-order valence-corrected chi connectivity index (χ3v) is 3.30. The molecule has 2 atom stereocenters. The van der Waals surface area contributed by atoms with E-state index in [0.717, 1.165) is 19.6 Å². The summed E-state index contributed by atoms with van der Waals surface area (Å²) in [5, 5.41) is 3.59. The van der Waals surface area contributed by atoms with E-state index in [1.165, 1.54) is 25.7 Å². The smallest absolute Gasteiger partial charge is 0.0763 e. The Bertz CT molecular complexity index is 213. The average molecular weight is 225 g/mol. The van der Waals surface area contributed by atoms with Gasteiger partial charge in [0, 0.05) is 6.61 Å². The highest BCUT2D eigenvalue weighted by Gasteiger charge is 2.23. The van der Waals surface area contributed by atoms with Gasteiger partial charge >= 0.3 is 0 Å². The molecule has 2 nitrogen and oxygen atoms in total. The van der Waals surface area contributed by atoms with E-state index in [0.29, 0.717) is 12.1 Å². The zero-order valence-corrected chi connectivity index (χ0v) is 11.1. The molecule has 1 aliphatic rings. The summed E-state index contributed by atoms with van der Waals surface area (Å²) in [6, 6.07) is 0.440. The molecule has 0 bridgehead atoms. The molecule has 2 unspecified atom stereocenters. The van der Waals surface area contributed by atoms with Crippen molar-refractivity contribution in [2.75, 3.05) is 13.2 Å². The first kappa shape index (κ1) is 13.7. The highest BCUT2D eigenvalue weighted by molar-refractivity contribution is 5.15. The summed E-state index contributed by atoms with van der Waals surface area (Å²) in [4.78, 5) is 0. The van der Waals surface area contributed by atoms with Gasteiger partial charge in [0.1, 0.15) is 0 Å². The van der Waals surface area contributed by atoms with Crippen molar-refractivity contribution in [2.45, 2.75) is 65.0 Å². The molecular formula is C14H27NO. The van der Waals surface area contributed by atoms with Gasteiger partial charge in [-0.2, -0.15) is 0 Å². The van der Waals surface area contributed by atoms with E-state index < -0.39 is 0 Å². The summed E-state index contributed by atoms with van der Waals surface area (Å²) in [6.45, 7) is 8.31. The van der Waals surface area contributed by atoms with Gasteiger partial charge in [0.25, 0.3) is 0 Å². The third kappa shape index (κ3) is 3.91. The third-order valence-electron chi connectivity index (χ3n) is 3.30. The van der Waals surface area contributed by atoms with Crippen LogP contribution in [0.3, 0.4) is 0 Å². The van der Waals surface area contributed by atoms with Crippen molar-refractivity contribution in [3.63, 3.8) is 0 Å². The molecule has 0 aromatic carbocycles. The summed E-state index contributed by atoms with van der Waals surface area (Å²) >= 11 is 0. The van der Waals surface area contributed by atoms with Crippen LogP contribution in [0.4, 0.5) is 0 Å². The molecule has 16 heavy (non-hydrogen) atoms. The van der Waals surface area contributed by atoms with Crippen molar-refractivity contribution >= 4 is 0 Å². The molecule has 0 saturated carbocycles. The molecular weight excluding hydrogens is 198 g/mol. The molecule has 1 N–H and O–H groups in total. The maximum Gasteiger partial charge on any atom is 0.0763 e. The number of likely N-dealkylation sites (N-methyl/N-ethyl adjacent to an activating group) is 1. The molecule has 0 aromatic heterocycles. The quantitative estimate of drug-likeness (QED) is 0.671. The number of nitrogens with one attached hydrogen (secondary N) is 1.